The van der Waals surface area contributed by atoms with Crippen LogP contribution in [0.2, 0.25) is 14.3 Å². The minimum atomic E-state index is -1.06. The van der Waals surface area contributed by atoms with Gasteiger partial charge in [0, 0.05) is 0 Å². The summed E-state index contributed by atoms with van der Waals surface area (Å²) in [5, 5.41) is 0. The molecule has 0 heterocycles. The molecule has 42 valence electrons. The Balaban J connectivity index is 3.13. The van der Waals surface area contributed by atoms with Gasteiger partial charge in [0.05, 0.1) is 0 Å². The van der Waals surface area contributed by atoms with Crippen molar-refractivity contribution in [2.45, 2.75) is 14.3 Å². The van der Waals surface area contributed by atoms with E-state index in [4.69, 9.17) is 18.0 Å². The molecule has 0 spiro atoms. The zero-order valence-corrected chi connectivity index (χ0v) is 8.88. The van der Waals surface area contributed by atoms with Crippen LogP contribution < -0.4 is 5.73 Å². The van der Waals surface area contributed by atoms with Crippen LogP contribution in [0.4, 0.5) is 0 Å². The molecule has 0 radical (unpaired) electrons. The molecule has 0 bridgehead atoms. The fourth-order valence-electron chi connectivity index (χ4n) is 0.402. The van der Waals surface area contributed by atoms with Crippen LogP contribution in [0.3, 0.4) is 0 Å². The van der Waals surface area contributed by atoms with Gasteiger partial charge in [-0.05, 0) is 0 Å². The van der Waals surface area contributed by atoms with Gasteiger partial charge in [0.1, 0.15) is 0 Å². The van der Waals surface area contributed by atoms with E-state index in [1.807, 2.05) is 0 Å². The molecule has 7 heavy (non-hydrogen) atoms. The number of thiocarbonyl (C=S) groups is 1. The Kier molecular flexibility index (Phi) is 4.02. The van der Waals surface area contributed by atoms with Gasteiger partial charge in [-0.2, -0.15) is 0 Å². The van der Waals surface area contributed by atoms with Crippen molar-refractivity contribution in [1.82, 2.24) is 0 Å². The van der Waals surface area contributed by atoms with E-state index >= 15 is 0 Å². The number of hydrogen-bond acceptors (Lipinski definition) is 1. The summed E-state index contributed by atoms with van der Waals surface area (Å²) in [6, 6.07) is 0. The fraction of sp³-hybridized carbons (Fsp3) is 0.750. The first-order valence-electron chi connectivity index (χ1n) is 2.41. The summed E-state index contributed by atoms with van der Waals surface area (Å²) in [6.07, 6.45) is 0. The molecule has 0 aliphatic carbocycles. The van der Waals surface area contributed by atoms with Crippen LogP contribution in [0, 0.1) is 0 Å². The van der Waals surface area contributed by atoms with Crippen molar-refractivity contribution in [3.8, 4) is 0 Å². The van der Waals surface area contributed by atoms with Gasteiger partial charge in [-0.15, -0.1) is 0 Å². The Labute approximate surface area is 57.0 Å². The molecule has 0 saturated heterocycles. The Morgan fingerprint density at radius 3 is 2.14 bits per heavy atom. The zero-order chi connectivity index (χ0) is 5.86. The molecule has 0 fully saturated rings. The Morgan fingerprint density at radius 1 is 1.71 bits per heavy atom. The molecule has 0 unspecified atom stereocenters. The molecule has 0 rings (SSSR count). The van der Waals surface area contributed by atoms with E-state index < -0.39 is 19.8 Å². The molecule has 2 N–H and O–H groups in total. The summed E-state index contributed by atoms with van der Waals surface area (Å²) in [7, 11) is 0. The number of hydrogen-bond donors (Lipinski definition) is 1. The number of rotatable bonds is 2. The van der Waals surface area contributed by atoms with E-state index in [0.29, 0.717) is 4.99 Å². The van der Waals surface area contributed by atoms with Crippen LogP contribution in [0.1, 0.15) is 0 Å². The monoisotopic (exact) mass is 225 g/mol. The SMILES string of the molecule is [CH3][SnH]([CH3])[CH2]C(N)=S. The Morgan fingerprint density at radius 2 is 2.14 bits per heavy atom. The molecular weight excluding hydrogens is 213 g/mol. The molecule has 0 aromatic carbocycles. The predicted molar refractivity (Wildman–Crippen MR) is 40.5 cm³/mol. The first kappa shape index (κ1) is 7.69. The van der Waals surface area contributed by atoms with Gasteiger partial charge in [-0.3, -0.25) is 0 Å². The van der Waals surface area contributed by atoms with Gasteiger partial charge in [-0.1, -0.05) is 0 Å². The van der Waals surface area contributed by atoms with E-state index in [-0.39, 0.29) is 0 Å². The predicted octanol–water partition coefficient (Wildman–Crippen LogP) is 0.759. The summed E-state index contributed by atoms with van der Waals surface area (Å²) in [5.74, 6) is 0. The van der Waals surface area contributed by atoms with Gasteiger partial charge in [0.25, 0.3) is 0 Å². The van der Waals surface area contributed by atoms with Gasteiger partial charge >= 0.3 is 57.0 Å². The summed E-state index contributed by atoms with van der Waals surface area (Å²) in [5.41, 5.74) is 5.28. The summed E-state index contributed by atoms with van der Waals surface area (Å²) >= 11 is 3.64. The topological polar surface area (TPSA) is 26.0 Å². The molecule has 0 aliphatic rings. The van der Waals surface area contributed by atoms with Crippen molar-refractivity contribution < 1.29 is 0 Å². The molecule has 0 aromatic rings. The third kappa shape index (κ3) is 6.69. The molecular formula is C4H11NSSn. The summed E-state index contributed by atoms with van der Waals surface area (Å²) in [6.45, 7) is 0. The molecule has 0 aromatic heterocycles. The first-order valence-corrected chi connectivity index (χ1v) is 11.7. The van der Waals surface area contributed by atoms with Crippen molar-refractivity contribution >= 4 is 37.0 Å². The zero-order valence-electron chi connectivity index (χ0n) is 4.77. The summed E-state index contributed by atoms with van der Waals surface area (Å²) in [4.78, 5) is 5.33. The Hall–Kier alpha value is 0.689. The van der Waals surface area contributed by atoms with Crippen molar-refractivity contribution in [3.05, 3.63) is 0 Å². The maximum atomic E-state index is 5.28. The number of nitrogens with two attached hydrogens (primary N) is 1. The van der Waals surface area contributed by atoms with E-state index in [1.54, 1.807) is 0 Å². The van der Waals surface area contributed by atoms with Crippen LogP contribution in [-0.2, 0) is 0 Å². The van der Waals surface area contributed by atoms with Crippen LogP contribution in [0.15, 0.2) is 0 Å². The normalized spacial score (nSPS) is 9.57. The van der Waals surface area contributed by atoms with E-state index in [2.05, 4.69) is 9.88 Å². The van der Waals surface area contributed by atoms with Crippen LogP contribution in [0.5, 0.6) is 0 Å². The van der Waals surface area contributed by atoms with Crippen molar-refractivity contribution in [1.29, 1.82) is 0 Å². The second-order valence-corrected chi connectivity index (χ2v) is 11.7. The summed E-state index contributed by atoms with van der Waals surface area (Å²) < 4.78 is 1.08. The Bertz CT molecular complexity index is 72.1. The van der Waals surface area contributed by atoms with Crippen LogP contribution in [-0.4, -0.2) is 24.7 Å². The van der Waals surface area contributed by atoms with Gasteiger partial charge in [0.2, 0.25) is 0 Å². The maximum absolute atomic E-state index is 5.28. The van der Waals surface area contributed by atoms with Crippen molar-refractivity contribution in [3.63, 3.8) is 0 Å². The standard InChI is InChI=1S/C2H4NS.2CH3.Sn.H/c1-2(3)4;;;;/h1H2,(H2,3,4);2*1H3;;. The fourth-order valence-corrected chi connectivity index (χ4v) is 4.94. The van der Waals surface area contributed by atoms with Crippen molar-refractivity contribution in [2.24, 2.45) is 5.73 Å². The quantitative estimate of drug-likeness (QED) is 0.553. The molecule has 0 atom stereocenters. The molecule has 0 amide bonds. The van der Waals surface area contributed by atoms with E-state index in [9.17, 15) is 0 Å². The van der Waals surface area contributed by atoms with Crippen molar-refractivity contribution in [2.75, 3.05) is 0 Å². The van der Waals surface area contributed by atoms with Crippen LogP contribution >= 0.6 is 12.2 Å². The molecule has 1 nitrogen and oxygen atoms in total. The van der Waals surface area contributed by atoms with E-state index in [1.165, 1.54) is 0 Å². The second-order valence-electron chi connectivity index (χ2n) is 2.06. The average molecular weight is 224 g/mol. The van der Waals surface area contributed by atoms with Gasteiger partial charge in [-0.25, -0.2) is 0 Å². The third-order valence-electron chi connectivity index (χ3n) is 0.609. The first-order chi connectivity index (χ1) is 3.13. The second kappa shape index (κ2) is 3.66. The average Bonchev–Trinajstić information content (AvgIpc) is 1.27. The molecule has 0 aliphatic heterocycles. The van der Waals surface area contributed by atoms with Gasteiger partial charge < -0.3 is 0 Å². The molecule has 0 saturated carbocycles. The third-order valence-corrected chi connectivity index (χ3v) is 5.21. The van der Waals surface area contributed by atoms with Crippen LogP contribution in [0.25, 0.3) is 0 Å². The van der Waals surface area contributed by atoms with Gasteiger partial charge in [0.15, 0.2) is 0 Å². The molecule has 3 heteroatoms. The minimum absolute atomic E-state index is 0.714. The van der Waals surface area contributed by atoms with E-state index in [0.717, 1.165) is 4.44 Å².